The molecule has 1 aromatic heterocycles. The maximum absolute atomic E-state index is 12.0. The Morgan fingerprint density at radius 1 is 1.18 bits per heavy atom. The summed E-state index contributed by atoms with van der Waals surface area (Å²) in [5.41, 5.74) is 3.19. The lowest BCUT2D eigenvalue weighted by molar-refractivity contribution is 0.0993. The van der Waals surface area contributed by atoms with E-state index in [1.54, 1.807) is 11.3 Å². The Labute approximate surface area is 106 Å². The number of Topliss-reactive ketones (excluding diaryl/α,β-unsaturated/α-hetero) is 1. The van der Waals surface area contributed by atoms with Gasteiger partial charge in [0.05, 0.1) is 0 Å². The summed E-state index contributed by atoms with van der Waals surface area (Å²) in [6.07, 6.45) is 0.504. The van der Waals surface area contributed by atoms with Gasteiger partial charge in [0.2, 0.25) is 0 Å². The Hall–Kier alpha value is -1.41. The number of benzene rings is 1. The van der Waals surface area contributed by atoms with Crippen molar-refractivity contribution in [2.24, 2.45) is 0 Å². The van der Waals surface area contributed by atoms with Crippen LogP contribution in [-0.4, -0.2) is 5.78 Å². The molecule has 2 rings (SSSR count). The summed E-state index contributed by atoms with van der Waals surface area (Å²) >= 11 is 1.63. The Balaban J connectivity index is 2.09. The molecule has 0 aliphatic rings. The van der Waals surface area contributed by atoms with Gasteiger partial charge in [-0.25, -0.2) is 0 Å². The van der Waals surface area contributed by atoms with Crippen molar-refractivity contribution in [3.63, 3.8) is 0 Å². The fourth-order valence-corrected chi connectivity index (χ4v) is 2.40. The lowest BCUT2D eigenvalue weighted by Gasteiger charge is -2.06. The maximum atomic E-state index is 12.0. The van der Waals surface area contributed by atoms with Crippen molar-refractivity contribution in [1.82, 2.24) is 0 Å². The lowest BCUT2D eigenvalue weighted by atomic mass is 9.99. The van der Waals surface area contributed by atoms with Crippen LogP contribution in [0.25, 0.3) is 0 Å². The summed E-state index contributed by atoms with van der Waals surface area (Å²) in [6, 6.07) is 9.97. The molecule has 1 heterocycles. The van der Waals surface area contributed by atoms with Crippen molar-refractivity contribution in [2.75, 3.05) is 0 Å². The number of carbonyl (C=O) groups is 1. The molecule has 88 valence electrons. The lowest BCUT2D eigenvalue weighted by Crippen LogP contribution is -2.02. The van der Waals surface area contributed by atoms with E-state index in [9.17, 15) is 4.79 Å². The summed E-state index contributed by atoms with van der Waals surface area (Å²) in [5.74, 6) is 0.703. The molecular formula is C15H16OS. The highest BCUT2D eigenvalue weighted by Gasteiger charge is 2.07. The van der Waals surface area contributed by atoms with Crippen LogP contribution in [0.5, 0.6) is 0 Å². The van der Waals surface area contributed by atoms with Gasteiger partial charge in [-0.2, -0.15) is 11.3 Å². The SMILES string of the molecule is CC(C)c1ccc(C(=O)Cc2ccsc2)cc1. The summed E-state index contributed by atoms with van der Waals surface area (Å²) < 4.78 is 0. The van der Waals surface area contributed by atoms with Crippen molar-refractivity contribution in [3.8, 4) is 0 Å². The predicted octanol–water partition coefficient (Wildman–Crippen LogP) is 4.30. The van der Waals surface area contributed by atoms with Gasteiger partial charge in [-0.05, 0) is 33.9 Å². The molecule has 0 atom stereocenters. The van der Waals surface area contributed by atoms with Crippen LogP contribution in [0.2, 0.25) is 0 Å². The first kappa shape index (κ1) is 12.1. The van der Waals surface area contributed by atoms with Gasteiger partial charge in [0.15, 0.2) is 5.78 Å². The second-order valence-electron chi connectivity index (χ2n) is 4.51. The summed E-state index contributed by atoms with van der Waals surface area (Å²) in [5, 5.41) is 4.03. The molecule has 0 radical (unpaired) electrons. The van der Waals surface area contributed by atoms with Crippen LogP contribution in [-0.2, 0) is 6.42 Å². The van der Waals surface area contributed by atoms with Crippen LogP contribution in [0, 0.1) is 0 Å². The first-order chi connectivity index (χ1) is 8.16. The molecule has 0 amide bonds. The zero-order valence-corrected chi connectivity index (χ0v) is 11.0. The summed E-state index contributed by atoms with van der Waals surface area (Å²) in [4.78, 5) is 12.0. The fourth-order valence-electron chi connectivity index (χ4n) is 1.73. The van der Waals surface area contributed by atoms with Gasteiger partial charge in [-0.1, -0.05) is 38.1 Å². The number of thiophene rings is 1. The third kappa shape index (κ3) is 3.04. The zero-order chi connectivity index (χ0) is 12.3. The third-order valence-corrected chi connectivity index (χ3v) is 3.58. The Kier molecular flexibility index (Phi) is 3.75. The molecule has 0 unspecified atom stereocenters. The van der Waals surface area contributed by atoms with Crippen LogP contribution in [0.15, 0.2) is 41.1 Å². The Morgan fingerprint density at radius 3 is 2.41 bits per heavy atom. The van der Waals surface area contributed by atoms with E-state index in [2.05, 4.69) is 13.8 Å². The minimum atomic E-state index is 0.193. The van der Waals surface area contributed by atoms with E-state index in [4.69, 9.17) is 0 Å². The number of hydrogen-bond donors (Lipinski definition) is 0. The van der Waals surface area contributed by atoms with Crippen molar-refractivity contribution in [3.05, 3.63) is 57.8 Å². The number of rotatable bonds is 4. The fraction of sp³-hybridized carbons (Fsp3) is 0.267. The van der Waals surface area contributed by atoms with Gasteiger partial charge in [0.1, 0.15) is 0 Å². The molecule has 0 spiro atoms. The van der Waals surface area contributed by atoms with Crippen molar-refractivity contribution >= 4 is 17.1 Å². The molecule has 0 saturated carbocycles. The van der Waals surface area contributed by atoms with Crippen LogP contribution >= 0.6 is 11.3 Å². The zero-order valence-electron chi connectivity index (χ0n) is 10.1. The van der Waals surface area contributed by atoms with Crippen LogP contribution in [0.1, 0.15) is 41.3 Å². The molecule has 1 aromatic carbocycles. The highest BCUT2D eigenvalue weighted by atomic mass is 32.1. The second-order valence-corrected chi connectivity index (χ2v) is 5.29. The van der Waals surface area contributed by atoms with E-state index in [-0.39, 0.29) is 5.78 Å². The molecule has 0 N–H and O–H groups in total. The molecular weight excluding hydrogens is 228 g/mol. The van der Waals surface area contributed by atoms with Crippen molar-refractivity contribution < 1.29 is 4.79 Å². The second kappa shape index (κ2) is 5.28. The molecule has 0 bridgehead atoms. The number of ketones is 1. The monoisotopic (exact) mass is 244 g/mol. The molecule has 1 nitrogen and oxygen atoms in total. The minimum absolute atomic E-state index is 0.193. The number of carbonyl (C=O) groups excluding carboxylic acids is 1. The predicted molar refractivity (Wildman–Crippen MR) is 72.9 cm³/mol. The van der Waals surface area contributed by atoms with Crippen LogP contribution in [0.3, 0.4) is 0 Å². The van der Waals surface area contributed by atoms with Gasteiger partial charge >= 0.3 is 0 Å². The van der Waals surface area contributed by atoms with Gasteiger partial charge in [0.25, 0.3) is 0 Å². The van der Waals surface area contributed by atoms with Crippen LogP contribution < -0.4 is 0 Å². The molecule has 0 aliphatic heterocycles. The quantitative estimate of drug-likeness (QED) is 0.733. The van der Waals surface area contributed by atoms with E-state index in [0.29, 0.717) is 12.3 Å². The van der Waals surface area contributed by atoms with E-state index >= 15 is 0 Å². The minimum Gasteiger partial charge on any atom is -0.294 e. The van der Waals surface area contributed by atoms with Gasteiger partial charge in [0, 0.05) is 12.0 Å². The highest BCUT2D eigenvalue weighted by Crippen LogP contribution is 2.16. The first-order valence-electron chi connectivity index (χ1n) is 5.81. The average Bonchev–Trinajstić information content (AvgIpc) is 2.82. The Bertz CT molecular complexity index is 480. The van der Waals surface area contributed by atoms with Gasteiger partial charge in [-0.15, -0.1) is 0 Å². The molecule has 17 heavy (non-hydrogen) atoms. The largest absolute Gasteiger partial charge is 0.294 e. The number of hydrogen-bond acceptors (Lipinski definition) is 2. The first-order valence-corrected chi connectivity index (χ1v) is 6.75. The van der Waals surface area contributed by atoms with Crippen molar-refractivity contribution in [2.45, 2.75) is 26.2 Å². The topological polar surface area (TPSA) is 17.1 Å². The van der Waals surface area contributed by atoms with Crippen LogP contribution in [0.4, 0.5) is 0 Å². The van der Waals surface area contributed by atoms with E-state index in [1.807, 2.05) is 41.1 Å². The summed E-state index contributed by atoms with van der Waals surface area (Å²) in [7, 11) is 0. The molecule has 0 fully saturated rings. The molecule has 2 heteroatoms. The molecule has 2 aromatic rings. The smallest absolute Gasteiger partial charge is 0.167 e. The van der Waals surface area contributed by atoms with E-state index < -0.39 is 0 Å². The summed E-state index contributed by atoms with van der Waals surface area (Å²) in [6.45, 7) is 4.31. The average molecular weight is 244 g/mol. The third-order valence-electron chi connectivity index (χ3n) is 2.84. The van der Waals surface area contributed by atoms with Gasteiger partial charge in [-0.3, -0.25) is 4.79 Å². The maximum Gasteiger partial charge on any atom is 0.167 e. The standard InChI is InChI=1S/C15H16OS/c1-11(2)13-3-5-14(6-4-13)15(16)9-12-7-8-17-10-12/h3-8,10-11H,9H2,1-2H3. The normalized spacial score (nSPS) is 10.8. The van der Waals surface area contributed by atoms with E-state index in [1.165, 1.54) is 5.56 Å². The Morgan fingerprint density at radius 2 is 1.88 bits per heavy atom. The van der Waals surface area contributed by atoms with Crippen molar-refractivity contribution in [1.29, 1.82) is 0 Å². The highest BCUT2D eigenvalue weighted by molar-refractivity contribution is 7.08. The molecule has 0 aliphatic carbocycles. The van der Waals surface area contributed by atoms with E-state index in [0.717, 1.165) is 11.1 Å². The molecule has 0 saturated heterocycles. The van der Waals surface area contributed by atoms with Gasteiger partial charge < -0.3 is 0 Å².